The second kappa shape index (κ2) is 21.5. The molecule has 0 fully saturated rings. The summed E-state index contributed by atoms with van der Waals surface area (Å²) in [7, 11) is 30.8. The molecule has 4 heterocycles. The fourth-order valence-corrected chi connectivity index (χ4v) is 15.4. The molecule has 0 aliphatic carbocycles. The van der Waals surface area contributed by atoms with E-state index in [4.69, 9.17) is 0 Å². The lowest BCUT2D eigenvalue weighted by atomic mass is 9.33. The van der Waals surface area contributed by atoms with Crippen LogP contribution in [0.2, 0.25) is 0 Å². The van der Waals surface area contributed by atoms with Gasteiger partial charge in [-0.05, 0) is 103 Å². The van der Waals surface area contributed by atoms with Gasteiger partial charge in [0.05, 0.1) is 11.1 Å². The lowest BCUT2D eigenvalue weighted by Gasteiger charge is -2.40. The van der Waals surface area contributed by atoms with E-state index in [2.05, 4.69) is 195 Å². The summed E-state index contributed by atoms with van der Waals surface area (Å²) in [5.74, 6) is -1.09. The minimum atomic E-state index is -0.584. The number of anilines is 4. The Bertz CT molecular complexity index is 5270. The summed E-state index contributed by atoms with van der Waals surface area (Å²) in [6, 6.07) is 36.3. The molecule has 10 aromatic carbocycles. The molecule has 92 heavy (non-hydrogen) atoms. The Hall–Kier alpha value is -9.54. The smallest absolute Gasteiger partial charge is 0.252 e. The van der Waals surface area contributed by atoms with Gasteiger partial charge < -0.3 is 50.0 Å². The molecule has 0 radical (unpaired) electrons. The maximum absolute atomic E-state index is 12.4. The van der Waals surface area contributed by atoms with Crippen molar-refractivity contribution in [2.24, 2.45) is 0 Å². The Balaban J connectivity index is 1.12. The maximum atomic E-state index is 12.4. The number of phenolic OH excluding ortho intramolecular Hbond substituents is 6. The van der Waals surface area contributed by atoms with Gasteiger partial charge in [-0.3, -0.25) is 0 Å². The van der Waals surface area contributed by atoms with Crippen LogP contribution in [0.3, 0.4) is 0 Å². The van der Waals surface area contributed by atoms with Crippen molar-refractivity contribution in [1.82, 2.24) is 9.13 Å². The van der Waals surface area contributed by atoms with Crippen molar-refractivity contribution in [1.29, 1.82) is 0 Å². The number of phenols is 6. The summed E-state index contributed by atoms with van der Waals surface area (Å²) in [4.78, 5) is 2.29. The van der Waals surface area contributed by atoms with Crippen LogP contribution in [-0.2, 0) is 0 Å². The van der Waals surface area contributed by atoms with Gasteiger partial charge in [0.2, 0.25) is 5.75 Å². The fraction of sp³-hybridized carbons (Fsp3) is 0. The Morgan fingerprint density at radius 2 is 0.913 bits per heavy atom. The fourth-order valence-electron chi connectivity index (χ4n) is 15.4. The van der Waals surface area contributed by atoms with Crippen LogP contribution in [0.15, 0.2) is 134 Å². The molecule has 14 rings (SSSR count). The third kappa shape index (κ3) is 8.36. The molecular formula is C66H60B16N4O6. The number of fused-ring (bicyclic) bond motifs is 10. The van der Waals surface area contributed by atoms with Crippen LogP contribution in [0, 0.1) is 0 Å². The van der Waals surface area contributed by atoms with Crippen molar-refractivity contribution in [2.75, 3.05) is 10.2 Å². The van der Waals surface area contributed by atoms with Crippen LogP contribution in [0.5, 0.6) is 34.5 Å². The largest absolute Gasteiger partial charge is 0.509 e. The summed E-state index contributed by atoms with van der Waals surface area (Å²) in [6.07, 6.45) is 8.05. The van der Waals surface area contributed by atoms with Gasteiger partial charge in [0.15, 0.2) is 11.5 Å². The third-order valence-corrected chi connectivity index (χ3v) is 21.6. The normalized spacial score (nSPS) is 12.7. The summed E-state index contributed by atoms with van der Waals surface area (Å²) < 4.78 is 4.44. The molecule has 7 N–H and O–H groups in total. The molecule has 0 saturated carbocycles. The Morgan fingerprint density at radius 3 is 1.53 bits per heavy atom. The number of rotatable bonds is 8. The molecule has 0 bridgehead atoms. The molecule has 2 aliphatic heterocycles. The predicted molar refractivity (Wildman–Crippen MR) is 435 cm³/mol. The summed E-state index contributed by atoms with van der Waals surface area (Å²) in [5.41, 5.74) is 30.3. The van der Waals surface area contributed by atoms with Crippen molar-refractivity contribution in [3.63, 3.8) is 0 Å². The van der Waals surface area contributed by atoms with E-state index in [1.165, 1.54) is 16.4 Å². The molecule has 428 valence electrons. The number of hydrogen-bond donors (Lipinski definition) is 7. The summed E-state index contributed by atoms with van der Waals surface area (Å²) in [6.45, 7) is 3.74. The third-order valence-electron chi connectivity index (χ3n) is 21.6. The first-order valence-electron chi connectivity index (χ1n) is 31.5. The zero-order valence-electron chi connectivity index (χ0n) is 54.9. The number of nitrogens with zero attached hydrogens (tertiary/aromatic N) is 3. The van der Waals surface area contributed by atoms with Crippen LogP contribution < -0.4 is 109 Å². The van der Waals surface area contributed by atoms with Gasteiger partial charge >= 0.3 is 0 Å². The second-order valence-electron chi connectivity index (χ2n) is 25.9. The first-order valence-corrected chi connectivity index (χ1v) is 31.5. The molecule has 0 atom stereocenters. The quantitative estimate of drug-likeness (QED) is 0.0452. The first-order chi connectivity index (χ1) is 43.9. The lowest BCUT2D eigenvalue weighted by molar-refractivity contribution is 0.372. The number of hydrogen-bond acceptors (Lipinski definition) is 8. The first kappa shape index (κ1) is 60.0. The van der Waals surface area contributed by atoms with Gasteiger partial charge in [-0.15, -0.1) is 10.9 Å². The average Bonchev–Trinajstić information content (AvgIpc) is 0.834. The average molecular weight is 1180 g/mol. The topological polar surface area (TPSA) is 147 Å². The standard InChI is InChI=1S/C66H60B16N4O6/c1-2-3-8-26(25-12-7-11-24(17-25)23-9-5-4-6-10-23)22-84-34-21-29(85-57-37(41(67)45(71)47(73)50(57)76)39-43(69)63(89)55(81)52(78)59(39)85)14-16-31(34)82-30-15-13-28(86-58-38(42(68)46(72)48(74)51(58)77)40-44(70)64(90)66(92)65(91)60(40)86)20-32(30)83-33-18-27(19-35(84)56(33)82)36-61(87)53(79)49(75)54(80)62(36)88/h2-22,83,87-92H,1,67-81H2/b8-3-,26-22-. The summed E-state index contributed by atoms with van der Waals surface area (Å²) >= 11 is 0. The predicted octanol–water partition coefficient (Wildman–Crippen LogP) is -12.9. The zero-order valence-corrected chi connectivity index (χ0v) is 54.9. The van der Waals surface area contributed by atoms with Gasteiger partial charge in [-0.25, -0.2) is 0 Å². The molecule has 0 spiro atoms. The highest BCUT2D eigenvalue weighted by Crippen LogP contribution is 2.47. The highest BCUT2D eigenvalue weighted by Gasteiger charge is 2.42. The molecule has 2 aliphatic rings. The molecule has 0 amide bonds. The zero-order chi connectivity index (χ0) is 65.3. The molecule has 0 saturated heterocycles. The number of nitrogens with one attached hydrogen (secondary N) is 1. The van der Waals surface area contributed by atoms with E-state index < -0.39 is 18.2 Å². The lowest BCUT2D eigenvalue weighted by Crippen LogP contribution is -2.60. The van der Waals surface area contributed by atoms with E-state index >= 15 is 0 Å². The molecule has 2 aromatic heterocycles. The van der Waals surface area contributed by atoms with E-state index in [0.717, 1.165) is 149 Å². The van der Waals surface area contributed by atoms with Gasteiger partial charge in [0.1, 0.15) is 135 Å². The highest BCUT2D eigenvalue weighted by atomic mass is 16.3. The minimum absolute atomic E-state index is 0.0118. The molecule has 12 aromatic rings. The van der Waals surface area contributed by atoms with Gasteiger partial charge in [0.25, 0.3) is 6.71 Å². The SMILES string of the molecule is Bc1c(B)c(O)c(-c2cc3c4c(c2)N(/C=C(/C=C\C=C)c2cccc(-c5ccccc5)c2)c2cc(-n5c6c(B)c(B)c(B)c(B)c6c6c(B)c(O)c(B)c(B)c65)ccc2B4c2ccc(-n4c5c(B)c(B)c(B)c(B)c5c5c(B)c(O)c(O)c(O)c54)cc2N3)c(O)c1B. The number of allylic oxidation sites excluding steroid dienone is 4. The van der Waals surface area contributed by atoms with E-state index in [0.29, 0.717) is 49.9 Å². The Morgan fingerprint density at radius 1 is 0.402 bits per heavy atom. The molecule has 0 unspecified atom stereocenters. The van der Waals surface area contributed by atoms with Crippen molar-refractivity contribution >= 4 is 295 Å². The Labute approximate surface area is 549 Å². The van der Waals surface area contributed by atoms with Crippen molar-refractivity contribution < 1.29 is 30.6 Å². The van der Waals surface area contributed by atoms with Crippen LogP contribution in [0.25, 0.3) is 82.8 Å². The van der Waals surface area contributed by atoms with Gasteiger partial charge in [-0.2, -0.15) is 0 Å². The van der Waals surface area contributed by atoms with E-state index in [9.17, 15) is 30.6 Å². The van der Waals surface area contributed by atoms with Crippen LogP contribution in [0.4, 0.5) is 22.7 Å². The van der Waals surface area contributed by atoms with E-state index in [1.807, 2.05) is 62.0 Å². The summed E-state index contributed by atoms with van der Waals surface area (Å²) in [5, 5.41) is 79.3. The van der Waals surface area contributed by atoms with Crippen LogP contribution >= 0.6 is 0 Å². The van der Waals surface area contributed by atoms with Crippen molar-refractivity contribution in [3.05, 3.63) is 140 Å². The minimum Gasteiger partial charge on any atom is -0.509 e. The molecule has 10 nitrogen and oxygen atoms in total. The van der Waals surface area contributed by atoms with Gasteiger partial charge in [-0.1, -0.05) is 146 Å². The highest BCUT2D eigenvalue weighted by molar-refractivity contribution is 7.00. The number of benzene rings is 10. The van der Waals surface area contributed by atoms with Crippen LogP contribution in [-0.4, -0.2) is 164 Å². The second-order valence-corrected chi connectivity index (χ2v) is 25.9. The van der Waals surface area contributed by atoms with E-state index in [1.54, 1.807) is 13.9 Å². The van der Waals surface area contributed by atoms with Crippen molar-refractivity contribution in [3.8, 4) is 68.1 Å². The Kier molecular flexibility index (Phi) is 14.1. The van der Waals surface area contributed by atoms with Crippen LogP contribution in [0.1, 0.15) is 5.56 Å². The van der Waals surface area contributed by atoms with E-state index in [-0.39, 0.29) is 17.2 Å². The number of aromatic hydroxyl groups is 6. The van der Waals surface area contributed by atoms with Crippen molar-refractivity contribution in [2.45, 2.75) is 0 Å². The monoisotopic (exact) mass is 1180 g/mol. The number of aromatic nitrogens is 2. The van der Waals surface area contributed by atoms with Gasteiger partial charge in [0, 0.05) is 73.0 Å². The molecular weight excluding hydrogens is 1120 g/mol. The maximum Gasteiger partial charge on any atom is 0.252 e. The molecule has 26 heteroatoms.